The van der Waals surface area contributed by atoms with Crippen LogP contribution in [0.1, 0.15) is 209 Å². The van der Waals surface area contributed by atoms with Crippen LogP contribution in [0.5, 0.6) is 34.5 Å². The maximum absolute atomic E-state index is 14.9. The fourth-order valence-corrected chi connectivity index (χ4v) is 8.29. The van der Waals surface area contributed by atoms with E-state index in [4.69, 9.17) is 28.4 Å². The summed E-state index contributed by atoms with van der Waals surface area (Å²) in [6, 6.07) is 28.4. The minimum atomic E-state index is -0.898. The summed E-state index contributed by atoms with van der Waals surface area (Å²) in [5.41, 5.74) is 0.263. The van der Waals surface area contributed by atoms with Gasteiger partial charge in [-0.05, 0) is 116 Å². The van der Waals surface area contributed by atoms with E-state index in [2.05, 4.69) is 13.8 Å². The zero-order chi connectivity index (χ0) is 51.7. The van der Waals surface area contributed by atoms with Crippen molar-refractivity contribution in [3.63, 3.8) is 0 Å². The number of esters is 4. The maximum Gasteiger partial charge on any atom is 0.346 e. The van der Waals surface area contributed by atoms with Crippen molar-refractivity contribution in [2.45, 2.75) is 168 Å². The Kier molecular flexibility index (Phi) is 26.8. The van der Waals surface area contributed by atoms with E-state index in [1.807, 2.05) is 0 Å². The Balaban J connectivity index is 0.961. The van der Waals surface area contributed by atoms with Gasteiger partial charge in [0, 0.05) is 6.07 Å². The molecule has 0 aliphatic carbocycles. The second kappa shape index (κ2) is 34.0. The summed E-state index contributed by atoms with van der Waals surface area (Å²) in [5, 5.41) is 0. The number of rotatable bonds is 36. The minimum Gasteiger partial charge on any atom is -0.494 e. The van der Waals surface area contributed by atoms with Gasteiger partial charge in [-0.1, -0.05) is 161 Å². The second-order valence-electron chi connectivity index (χ2n) is 18.7. The number of hydrogen-bond donors (Lipinski definition) is 0. The van der Waals surface area contributed by atoms with Crippen LogP contribution in [0.4, 0.5) is 4.39 Å². The number of unbranched alkanes of at least 4 members (excludes halogenated alkanes) is 22. The van der Waals surface area contributed by atoms with Crippen LogP contribution in [0.25, 0.3) is 0 Å². The zero-order valence-electron chi connectivity index (χ0n) is 43.3. The van der Waals surface area contributed by atoms with Crippen molar-refractivity contribution in [2.75, 3.05) is 13.2 Å². The van der Waals surface area contributed by atoms with E-state index >= 15 is 0 Å². The number of carbonyl (C=O) groups excluding carboxylic acids is 4. The minimum absolute atomic E-state index is 0.0872. The third-order valence-electron chi connectivity index (χ3n) is 12.6. The van der Waals surface area contributed by atoms with Crippen LogP contribution in [0.2, 0.25) is 0 Å². The van der Waals surface area contributed by atoms with Crippen LogP contribution in [-0.2, 0) is 0 Å². The predicted molar refractivity (Wildman–Crippen MR) is 285 cm³/mol. The molecule has 0 aromatic heterocycles. The Morgan fingerprint density at radius 1 is 0.329 bits per heavy atom. The molecule has 5 aromatic carbocycles. The summed E-state index contributed by atoms with van der Waals surface area (Å²) in [7, 11) is 0. The molecule has 0 bridgehead atoms. The van der Waals surface area contributed by atoms with E-state index in [0.29, 0.717) is 30.5 Å². The van der Waals surface area contributed by atoms with Crippen LogP contribution in [0.3, 0.4) is 0 Å². The smallest absolute Gasteiger partial charge is 0.346 e. The lowest BCUT2D eigenvalue weighted by Gasteiger charge is -2.10. The Morgan fingerprint density at radius 3 is 1.11 bits per heavy atom. The molecule has 392 valence electrons. The third-order valence-corrected chi connectivity index (χ3v) is 12.6. The highest BCUT2D eigenvalue weighted by atomic mass is 19.1. The molecule has 0 aliphatic heterocycles. The number of benzene rings is 5. The maximum atomic E-state index is 14.9. The molecule has 5 rings (SSSR count). The van der Waals surface area contributed by atoms with Gasteiger partial charge in [0.1, 0.15) is 40.3 Å². The molecule has 0 fully saturated rings. The van der Waals surface area contributed by atoms with Crippen LogP contribution >= 0.6 is 0 Å². The van der Waals surface area contributed by atoms with Crippen molar-refractivity contribution >= 4 is 23.9 Å². The van der Waals surface area contributed by atoms with Gasteiger partial charge in [-0.25, -0.2) is 23.6 Å². The van der Waals surface area contributed by atoms with Crippen molar-refractivity contribution < 1.29 is 52.0 Å². The third kappa shape index (κ3) is 22.4. The first-order valence-electron chi connectivity index (χ1n) is 27.1. The van der Waals surface area contributed by atoms with Gasteiger partial charge in [-0.15, -0.1) is 0 Å². The molecule has 0 amide bonds. The summed E-state index contributed by atoms with van der Waals surface area (Å²) >= 11 is 0. The highest BCUT2D eigenvalue weighted by Crippen LogP contribution is 2.24. The van der Waals surface area contributed by atoms with E-state index in [9.17, 15) is 23.6 Å². The lowest BCUT2D eigenvalue weighted by atomic mass is 10.1. The Morgan fingerprint density at radius 2 is 0.671 bits per heavy atom. The predicted octanol–water partition coefficient (Wildman–Crippen LogP) is 16.9. The lowest BCUT2D eigenvalue weighted by Crippen LogP contribution is -2.12. The van der Waals surface area contributed by atoms with Crippen molar-refractivity contribution in [2.24, 2.45) is 0 Å². The quantitative estimate of drug-likeness (QED) is 0.0218. The monoisotopic (exact) mass is 1000 g/mol. The van der Waals surface area contributed by atoms with Gasteiger partial charge < -0.3 is 28.4 Å². The molecular formula is C62H77FO10. The number of hydrogen-bond acceptors (Lipinski definition) is 10. The molecule has 0 saturated heterocycles. The Labute approximate surface area is 433 Å². The molecule has 0 aliphatic rings. The molecule has 0 heterocycles. The Bertz CT molecular complexity index is 2380. The highest BCUT2D eigenvalue weighted by molar-refractivity contribution is 5.95. The van der Waals surface area contributed by atoms with Gasteiger partial charge in [-0.2, -0.15) is 0 Å². The van der Waals surface area contributed by atoms with E-state index in [-0.39, 0.29) is 39.5 Å². The Hall–Kier alpha value is -6.49. The topological polar surface area (TPSA) is 124 Å². The van der Waals surface area contributed by atoms with Crippen LogP contribution < -0.4 is 28.4 Å². The first-order valence-corrected chi connectivity index (χ1v) is 27.1. The first kappa shape index (κ1) is 57.4. The molecule has 10 nitrogen and oxygen atoms in total. The van der Waals surface area contributed by atoms with E-state index in [1.165, 1.54) is 207 Å². The van der Waals surface area contributed by atoms with E-state index < -0.39 is 29.7 Å². The first-order chi connectivity index (χ1) is 35.7. The molecule has 0 radical (unpaired) electrons. The summed E-state index contributed by atoms with van der Waals surface area (Å²) in [6.07, 6.45) is 30.3. The zero-order valence-corrected chi connectivity index (χ0v) is 43.3. The van der Waals surface area contributed by atoms with Gasteiger partial charge in [0.15, 0.2) is 0 Å². The fraction of sp³-hybridized carbons (Fsp3) is 0.452. The average Bonchev–Trinajstić information content (AvgIpc) is 3.40. The molecule has 0 atom stereocenters. The highest BCUT2D eigenvalue weighted by Gasteiger charge is 2.18. The number of halogens is 1. The van der Waals surface area contributed by atoms with Gasteiger partial charge >= 0.3 is 23.9 Å². The van der Waals surface area contributed by atoms with Gasteiger partial charge in [0.05, 0.1) is 35.5 Å². The fourth-order valence-electron chi connectivity index (χ4n) is 8.29. The molecular weight excluding hydrogens is 924 g/mol. The molecule has 73 heavy (non-hydrogen) atoms. The van der Waals surface area contributed by atoms with Gasteiger partial charge in [0.2, 0.25) is 0 Å². The molecule has 0 N–H and O–H groups in total. The van der Waals surface area contributed by atoms with E-state index in [1.54, 1.807) is 30.3 Å². The summed E-state index contributed by atoms with van der Waals surface area (Å²) < 4.78 is 48.5. The lowest BCUT2D eigenvalue weighted by molar-refractivity contribution is 0.0712. The van der Waals surface area contributed by atoms with Crippen molar-refractivity contribution in [3.8, 4) is 34.5 Å². The second-order valence-corrected chi connectivity index (χ2v) is 18.7. The number of carbonyl (C=O) groups is 4. The molecule has 0 unspecified atom stereocenters. The average molecular weight is 1000 g/mol. The number of ether oxygens (including phenoxy) is 6. The standard InChI is InChI=1S/C62H77FO10/c1-3-5-7-9-11-13-15-17-19-21-23-25-44-68-51-38-40-54(41-39-51)70-59(64)48-30-34-52(35-31-48)71-61(66)50-28-27-29-56(46-50)73-60(65)49-32-36-53(37-33-49)72-62(67)57-43-42-55(47-58(57)63)69-45-26-24-22-20-18-16-14-12-10-8-6-4-2/h27-43,46-47H,3-26,44-45H2,1-2H3. The molecule has 0 spiro atoms. The van der Waals surface area contributed by atoms with Crippen LogP contribution in [-0.4, -0.2) is 37.1 Å². The summed E-state index contributed by atoms with van der Waals surface area (Å²) in [5.74, 6) is -1.87. The normalized spacial score (nSPS) is 10.9. The van der Waals surface area contributed by atoms with Crippen molar-refractivity contribution in [3.05, 3.63) is 143 Å². The molecule has 11 heteroatoms. The molecule has 5 aromatic rings. The van der Waals surface area contributed by atoms with E-state index in [0.717, 1.165) is 32.1 Å². The summed E-state index contributed by atoms with van der Waals surface area (Å²) in [6.45, 7) is 5.61. The molecule has 0 saturated carbocycles. The van der Waals surface area contributed by atoms with Crippen LogP contribution in [0.15, 0.2) is 115 Å². The van der Waals surface area contributed by atoms with Crippen LogP contribution in [0, 0.1) is 5.82 Å². The summed E-state index contributed by atoms with van der Waals surface area (Å²) in [4.78, 5) is 51.8. The van der Waals surface area contributed by atoms with Gasteiger partial charge in [0.25, 0.3) is 0 Å². The van der Waals surface area contributed by atoms with Crippen molar-refractivity contribution in [1.29, 1.82) is 0 Å². The SMILES string of the molecule is CCCCCCCCCCCCCCOc1ccc(OC(=O)c2ccc(OC(=O)c3cccc(OC(=O)c4ccc(OC(=O)c5ccc(OCCCCCCCCCCCCCC)cc5F)cc4)c3)cc2)cc1. The van der Waals surface area contributed by atoms with Gasteiger partial charge in [-0.3, -0.25) is 0 Å². The van der Waals surface area contributed by atoms with Crippen molar-refractivity contribution in [1.82, 2.24) is 0 Å². The largest absolute Gasteiger partial charge is 0.494 e.